The number of phenols is 1. The van der Waals surface area contributed by atoms with E-state index in [1.807, 2.05) is 24.3 Å². The Hall–Kier alpha value is -2.49. The predicted octanol–water partition coefficient (Wildman–Crippen LogP) is 4.67. The number of aromatic hydroxyl groups is 1. The standard InChI is InChI=1S/C17H12N2O2S2/c1-21-15-9-11(6-7-14(15)20)8-12(10-18)22-17-19-13-4-2-3-5-16(13)23-17/h2-9,20H,1H3/b12-8+. The molecule has 3 aromatic rings. The van der Waals surface area contributed by atoms with Crippen molar-refractivity contribution < 1.29 is 9.84 Å². The Balaban J connectivity index is 1.88. The average Bonchev–Trinajstić information content (AvgIpc) is 2.98. The van der Waals surface area contributed by atoms with Gasteiger partial charge in [-0.25, -0.2) is 4.98 Å². The van der Waals surface area contributed by atoms with Crippen LogP contribution in [0.1, 0.15) is 5.56 Å². The number of hydrogen-bond donors (Lipinski definition) is 1. The molecule has 0 aliphatic rings. The van der Waals surface area contributed by atoms with Gasteiger partial charge in [-0.3, -0.25) is 0 Å². The van der Waals surface area contributed by atoms with Gasteiger partial charge in [-0.05, 0) is 47.7 Å². The molecule has 0 bridgehead atoms. The topological polar surface area (TPSA) is 66.1 Å². The van der Waals surface area contributed by atoms with E-state index in [1.54, 1.807) is 35.6 Å². The highest BCUT2D eigenvalue weighted by atomic mass is 32.2. The van der Waals surface area contributed by atoms with E-state index in [0.29, 0.717) is 10.7 Å². The molecule has 1 heterocycles. The maximum Gasteiger partial charge on any atom is 0.161 e. The highest BCUT2D eigenvalue weighted by Gasteiger charge is 2.08. The van der Waals surface area contributed by atoms with E-state index in [4.69, 9.17) is 4.74 Å². The molecule has 0 aliphatic carbocycles. The Kier molecular flexibility index (Phi) is 4.51. The van der Waals surface area contributed by atoms with E-state index in [1.165, 1.54) is 18.9 Å². The number of benzene rings is 2. The Morgan fingerprint density at radius 1 is 1.35 bits per heavy atom. The number of phenolic OH excluding ortho intramolecular Hbond substituents is 1. The van der Waals surface area contributed by atoms with E-state index < -0.39 is 0 Å². The van der Waals surface area contributed by atoms with Gasteiger partial charge in [-0.2, -0.15) is 5.26 Å². The van der Waals surface area contributed by atoms with Crippen LogP contribution in [0.3, 0.4) is 0 Å². The summed E-state index contributed by atoms with van der Waals surface area (Å²) >= 11 is 2.89. The first-order chi connectivity index (χ1) is 11.2. The summed E-state index contributed by atoms with van der Waals surface area (Å²) in [5, 5.41) is 19.0. The summed E-state index contributed by atoms with van der Waals surface area (Å²) in [7, 11) is 1.49. The molecule has 1 aromatic heterocycles. The number of aromatic nitrogens is 1. The molecule has 0 unspecified atom stereocenters. The van der Waals surface area contributed by atoms with Crippen LogP contribution in [-0.2, 0) is 0 Å². The highest BCUT2D eigenvalue weighted by Crippen LogP contribution is 2.35. The SMILES string of the molecule is COc1cc(/C=C(\C#N)Sc2nc3ccccc3s2)ccc1O. The molecular weight excluding hydrogens is 328 g/mol. The van der Waals surface area contributed by atoms with Gasteiger partial charge < -0.3 is 9.84 Å². The van der Waals surface area contributed by atoms with E-state index >= 15 is 0 Å². The van der Waals surface area contributed by atoms with Crippen molar-refractivity contribution in [2.45, 2.75) is 4.34 Å². The van der Waals surface area contributed by atoms with Crippen LogP contribution in [0, 0.1) is 11.3 Å². The van der Waals surface area contributed by atoms with Crippen LogP contribution in [-0.4, -0.2) is 17.2 Å². The van der Waals surface area contributed by atoms with Crippen molar-refractivity contribution in [1.82, 2.24) is 4.98 Å². The molecule has 0 aliphatic heterocycles. The third kappa shape index (κ3) is 3.47. The first kappa shape index (κ1) is 15.4. The molecule has 0 atom stereocenters. The van der Waals surface area contributed by atoms with Crippen molar-refractivity contribution in [3.63, 3.8) is 0 Å². The summed E-state index contributed by atoms with van der Waals surface area (Å²) in [4.78, 5) is 5.04. The largest absolute Gasteiger partial charge is 0.504 e. The molecule has 1 N–H and O–H groups in total. The number of hydrogen-bond acceptors (Lipinski definition) is 6. The molecule has 2 aromatic carbocycles. The maximum absolute atomic E-state index is 9.62. The van der Waals surface area contributed by atoms with Gasteiger partial charge in [0.25, 0.3) is 0 Å². The van der Waals surface area contributed by atoms with E-state index in [-0.39, 0.29) is 5.75 Å². The fourth-order valence-corrected chi connectivity index (χ4v) is 3.98. The normalized spacial score (nSPS) is 11.4. The van der Waals surface area contributed by atoms with Crippen LogP contribution >= 0.6 is 23.1 Å². The van der Waals surface area contributed by atoms with Crippen molar-refractivity contribution in [1.29, 1.82) is 5.26 Å². The summed E-state index contributed by atoms with van der Waals surface area (Å²) in [5.74, 6) is 0.447. The number of para-hydroxylation sites is 1. The van der Waals surface area contributed by atoms with Crippen LogP contribution in [0.4, 0.5) is 0 Å². The number of allylic oxidation sites excluding steroid dienone is 1. The second-order valence-corrected chi connectivity index (χ2v) is 6.92. The van der Waals surface area contributed by atoms with E-state index in [9.17, 15) is 10.4 Å². The average molecular weight is 340 g/mol. The van der Waals surface area contributed by atoms with Gasteiger partial charge in [0.15, 0.2) is 15.8 Å². The minimum Gasteiger partial charge on any atom is -0.504 e. The van der Waals surface area contributed by atoms with Gasteiger partial charge in [-0.15, -0.1) is 11.3 Å². The zero-order chi connectivity index (χ0) is 16.2. The number of thioether (sulfide) groups is 1. The third-order valence-corrected chi connectivity index (χ3v) is 5.11. The quantitative estimate of drug-likeness (QED) is 0.552. The Labute approximate surface area is 141 Å². The van der Waals surface area contributed by atoms with Gasteiger partial charge in [-0.1, -0.05) is 18.2 Å². The summed E-state index contributed by atoms with van der Waals surface area (Å²) in [6, 6.07) is 15.0. The number of ether oxygens (including phenoxy) is 1. The van der Waals surface area contributed by atoms with Crippen molar-refractivity contribution >= 4 is 39.4 Å². The van der Waals surface area contributed by atoms with Gasteiger partial charge in [0.2, 0.25) is 0 Å². The Morgan fingerprint density at radius 3 is 2.91 bits per heavy atom. The van der Waals surface area contributed by atoms with Crippen LogP contribution < -0.4 is 4.74 Å². The highest BCUT2D eigenvalue weighted by molar-refractivity contribution is 8.05. The second-order valence-electron chi connectivity index (χ2n) is 4.60. The molecule has 4 nitrogen and oxygen atoms in total. The lowest BCUT2D eigenvalue weighted by molar-refractivity contribution is 0.373. The molecule has 0 saturated carbocycles. The first-order valence-electron chi connectivity index (χ1n) is 6.72. The lowest BCUT2D eigenvalue weighted by atomic mass is 10.2. The molecule has 0 radical (unpaired) electrons. The number of rotatable bonds is 4. The number of nitriles is 1. The predicted molar refractivity (Wildman–Crippen MR) is 93.7 cm³/mol. The Morgan fingerprint density at radius 2 is 2.17 bits per heavy atom. The summed E-state index contributed by atoms with van der Waals surface area (Å²) in [6.07, 6.45) is 1.75. The lowest BCUT2D eigenvalue weighted by Gasteiger charge is -2.04. The lowest BCUT2D eigenvalue weighted by Crippen LogP contribution is -1.84. The Bertz CT molecular complexity index is 893. The number of methoxy groups -OCH3 is 1. The van der Waals surface area contributed by atoms with Gasteiger partial charge in [0, 0.05) is 0 Å². The van der Waals surface area contributed by atoms with Gasteiger partial charge in [0.05, 0.1) is 22.2 Å². The number of fused-ring (bicyclic) bond motifs is 1. The molecule has 0 saturated heterocycles. The van der Waals surface area contributed by atoms with E-state index in [0.717, 1.165) is 20.1 Å². The molecule has 3 rings (SSSR count). The first-order valence-corrected chi connectivity index (χ1v) is 8.35. The minimum atomic E-state index is 0.0713. The van der Waals surface area contributed by atoms with Crippen LogP contribution in [0.15, 0.2) is 51.7 Å². The van der Waals surface area contributed by atoms with E-state index in [2.05, 4.69) is 11.1 Å². The molecule has 114 valence electrons. The summed E-state index contributed by atoms with van der Waals surface area (Å²) in [6.45, 7) is 0. The van der Waals surface area contributed by atoms with Crippen LogP contribution in [0.25, 0.3) is 16.3 Å². The van der Waals surface area contributed by atoms with Gasteiger partial charge in [0.1, 0.15) is 6.07 Å². The third-order valence-electron chi connectivity index (χ3n) is 3.08. The maximum atomic E-state index is 9.62. The molecule has 0 spiro atoms. The van der Waals surface area contributed by atoms with Crippen molar-refractivity contribution in [2.75, 3.05) is 7.11 Å². The molecule has 23 heavy (non-hydrogen) atoms. The molecule has 0 fully saturated rings. The monoisotopic (exact) mass is 340 g/mol. The van der Waals surface area contributed by atoms with Gasteiger partial charge >= 0.3 is 0 Å². The fraction of sp³-hybridized carbons (Fsp3) is 0.0588. The molecule has 0 amide bonds. The fourth-order valence-electron chi connectivity index (χ4n) is 2.01. The minimum absolute atomic E-state index is 0.0713. The van der Waals surface area contributed by atoms with Crippen molar-refractivity contribution in [2.24, 2.45) is 0 Å². The second kappa shape index (κ2) is 6.73. The summed E-state index contributed by atoms with van der Waals surface area (Å²) in [5.41, 5.74) is 1.72. The van der Waals surface area contributed by atoms with Crippen molar-refractivity contribution in [3.8, 4) is 17.6 Å². The molecular formula is C17H12N2O2S2. The van der Waals surface area contributed by atoms with Crippen LogP contribution in [0.2, 0.25) is 0 Å². The number of nitrogens with zero attached hydrogens (tertiary/aromatic N) is 2. The van der Waals surface area contributed by atoms with Crippen LogP contribution in [0.5, 0.6) is 11.5 Å². The number of thiazole rings is 1. The van der Waals surface area contributed by atoms with Crippen molar-refractivity contribution in [3.05, 3.63) is 52.9 Å². The smallest absolute Gasteiger partial charge is 0.161 e. The molecule has 6 heteroatoms. The summed E-state index contributed by atoms with van der Waals surface area (Å²) < 4.78 is 7.00. The zero-order valence-corrected chi connectivity index (χ0v) is 13.8. The zero-order valence-electron chi connectivity index (χ0n) is 12.2.